The Kier molecular flexibility index (Phi) is 8.02. The number of hydrogen-bond donors (Lipinski definition) is 3. The van der Waals surface area contributed by atoms with Crippen LogP contribution in [0.2, 0.25) is 0 Å². The van der Waals surface area contributed by atoms with E-state index in [0.29, 0.717) is 37.8 Å². The van der Waals surface area contributed by atoms with Crippen LogP contribution in [0.5, 0.6) is 5.75 Å². The van der Waals surface area contributed by atoms with E-state index in [-0.39, 0.29) is 30.7 Å². The van der Waals surface area contributed by atoms with Crippen LogP contribution in [0.4, 0.5) is 0 Å². The fourth-order valence-corrected chi connectivity index (χ4v) is 2.82. The largest absolute Gasteiger partial charge is 0.494 e. The van der Waals surface area contributed by atoms with E-state index in [0.717, 1.165) is 17.9 Å². The lowest BCUT2D eigenvalue weighted by atomic mass is 10.1. The third kappa shape index (κ3) is 5.92. The Morgan fingerprint density at radius 2 is 2.15 bits per heavy atom. The Balaban J connectivity index is 0.00000261. The summed E-state index contributed by atoms with van der Waals surface area (Å²) in [5.41, 5.74) is 0.829. The van der Waals surface area contributed by atoms with Gasteiger partial charge in [-0.05, 0) is 31.2 Å². The zero-order valence-corrected chi connectivity index (χ0v) is 16.0. The van der Waals surface area contributed by atoms with Gasteiger partial charge in [0, 0.05) is 44.0 Å². The molecule has 27 heavy (non-hydrogen) atoms. The Morgan fingerprint density at radius 3 is 2.81 bits per heavy atom. The zero-order valence-electron chi connectivity index (χ0n) is 15.2. The Hall–Kier alpha value is -2.16. The van der Waals surface area contributed by atoms with Crippen molar-refractivity contribution in [3.05, 3.63) is 30.2 Å². The summed E-state index contributed by atoms with van der Waals surface area (Å²) in [5.74, 6) is 1.67. The van der Waals surface area contributed by atoms with Crippen molar-refractivity contribution in [1.29, 1.82) is 0 Å². The maximum absolute atomic E-state index is 11.9. The highest BCUT2D eigenvalue weighted by Crippen LogP contribution is 2.20. The van der Waals surface area contributed by atoms with Gasteiger partial charge in [0.25, 0.3) is 0 Å². The molecule has 0 saturated carbocycles. The van der Waals surface area contributed by atoms with Crippen LogP contribution in [0, 0.1) is 5.92 Å². The molecular formula is C18H25ClN4O4. The first-order valence-electron chi connectivity index (χ1n) is 8.87. The topological polar surface area (TPSA) is 110 Å². The van der Waals surface area contributed by atoms with E-state index >= 15 is 0 Å². The average Bonchev–Trinajstić information content (AvgIpc) is 3.28. The van der Waals surface area contributed by atoms with E-state index in [1.807, 2.05) is 31.2 Å². The fourth-order valence-electron chi connectivity index (χ4n) is 2.82. The van der Waals surface area contributed by atoms with Crippen molar-refractivity contribution in [3.63, 3.8) is 0 Å². The SMILES string of the molecule is CCOc1ccc(-c2noc(CCC(=O)NCC3CNCC3O)n2)cc1.Cl. The second-order valence-corrected chi connectivity index (χ2v) is 6.26. The van der Waals surface area contributed by atoms with Gasteiger partial charge in [-0.3, -0.25) is 4.79 Å². The molecule has 1 aromatic carbocycles. The van der Waals surface area contributed by atoms with Crippen LogP contribution in [-0.2, 0) is 11.2 Å². The van der Waals surface area contributed by atoms with Crippen LogP contribution in [0.1, 0.15) is 19.2 Å². The predicted molar refractivity (Wildman–Crippen MR) is 102 cm³/mol. The molecule has 2 heterocycles. The first-order valence-corrected chi connectivity index (χ1v) is 8.87. The summed E-state index contributed by atoms with van der Waals surface area (Å²) in [6.07, 6.45) is 0.241. The number of aliphatic hydroxyl groups is 1. The first-order chi connectivity index (χ1) is 12.7. The number of benzene rings is 1. The number of carbonyl (C=O) groups excluding carboxylic acids is 1. The number of aliphatic hydroxyl groups excluding tert-OH is 1. The van der Waals surface area contributed by atoms with Gasteiger partial charge in [0.2, 0.25) is 17.6 Å². The van der Waals surface area contributed by atoms with Crippen molar-refractivity contribution >= 4 is 18.3 Å². The molecule has 2 atom stereocenters. The number of amides is 1. The number of ether oxygens (including phenoxy) is 1. The summed E-state index contributed by atoms with van der Waals surface area (Å²) >= 11 is 0. The van der Waals surface area contributed by atoms with Crippen LogP contribution in [0.3, 0.4) is 0 Å². The molecule has 0 bridgehead atoms. The van der Waals surface area contributed by atoms with Crippen molar-refractivity contribution in [3.8, 4) is 17.1 Å². The first kappa shape index (κ1) is 21.1. The molecular weight excluding hydrogens is 372 g/mol. The van der Waals surface area contributed by atoms with Crippen molar-refractivity contribution in [2.75, 3.05) is 26.2 Å². The molecule has 1 amide bonds. The summed E-state index contributed by atoms with van der Waals surface area (Å²) in [5, 5.41) is 19.6. The number of hydrogen-bond acceptors (Lipinski definition) is 7. The molecule has 3 rings (SSSR count). The number of nitrogens with zero attached hydrogens (tertiary/aromatic N) is 2. The molecule has 9 heteroatoms. The molecule has 0 aliphatic carbocycles. The van der Waals surface area contributed by atoms with E-state index in [9.17, 15) is 9.90 Å². The van der Waals surface area contributed by atoms with Gasteiger partial charge in [0.1, 0.15) is 5.75 Å². The lowest BCUT2D eigenvalue weighted by molar-refractivity contribution is -0.121. The number of aromatic nitrogens is 2. The number of β-amino-alcohol motifs (C(OH)–C–C–N with tert-alkyl or cyclic N) is 1. The minimum absolute atomic E-state index is 0. The second-order valence-electron chi connectivity index (χ2n) is 6.26. The van der Waals surface area contributed by atoms with Crippen LogP contribution < -0.4 is 15.4 Å². The molecule has 1 aliphatic heterocycles. The molecule has 1 aromatic heterocycles. The second kappa shape index (κ2) is 10.2. The standard InChI is InChI=1S/C18H24N4O4.ClH/c1-2-25-14-5-3-12(4-6-14)18-21-17(26-22-18)8-7-16(24)20-10-13-9-19-11-15(13)23;/h3-6,13,15,19,23H,2,7-11H2,1H3,(H,20,24);1H. The lowest BCUT2D eigenvalue weighted by Gasteiger charge is -2.13. The van der Waals surface area contributed by atoms with E-state index in [4.69, 9.17) is 9.26 Å². The number of halogens is 1. The van der Waals surface area contributed by atoms with Crippen molar-refractivity contribution < 1.29 is 19.2 Å². The molecule has 1 aliphatic rings. The van der Waals surface area contributed by atoms with Crippen molar-refractivity contribution in [2.24, 2.45) is 5.92 Å². The van der Waals surface area contributed by atoms with Gasteiger partial charge in [-0.2, -0.15) is 4.98 Å². The molecule has 3 N–H and O–H groups in total. The summed E-state index contributed by atoms with van der Waals surface area (Å²) in [7, 11) is 0. The normalized spacial score (nSPS) is 18.7. The molecule has 8 nitrogen and oxygen atoms in total. The molecule has 0 spiro atoms. The number of nitrogens with one attached hydrogen (secondary N) is 2. The molecule has 1 fully saturated rings. The third-order valence-corrected chi connectivity index (χ3v) is 4.32. The van der Waals surface area contributed by atoms with Crippen LogP contribution in [0.15, 0.2) is 28.8 Å². The smallest absolute Gasteiger partial charge is 0.227 e. The van der Waals surface area contributed by atoms with Crippen molar-refractivity contribution in [1.82, 2.24) is 20.8 Å². The molecule has 2 unspecified atom stereocenters. The van der Waals surface area contributed by atoms with E-state index in [1.54, 1.807) is 0 Å². The van der Waals surface area contributed by atoms with E-state index < -0.39 is 6.10 Å². The van der Waals surface area contributed by atoms with E-state index in [2.05, 4.69) is 20.8 Å². The quantitative estimate of drug-likeness (QED) is 0.614. The minimum Gasteiger partial charge on any atom is -0.494 e. The Morgan fingerprint density at radius 1 is 1.37 bits per heavy atom. The summed E-state index contributed by atoms with van der Waals surface area (Å²) < 4.78 is 10.6. The van der Waals surface area contributed by atoms with Crippen molar-refractivity contribution in [2.45, 2.75) is 25.9 Å². The lowest BCUT2D eigenvalue weighted by Crippen LogP contribution is -2.34. The summed E-state index contributed by atoms with van der Waals surface area (Å²) in [6.45, 7) is 4.31. The van der Waals surface area contributed by atoms with Crippen LogP contribution >= 0.6 is 12.4 Å². The third-order valence-electron chi connectivity index (χ3n) is 4.32. The number of rotatable bonds is 8. The molecule has 2 aromatic rings. The number of aryl methyl sites for hydroxylation is 1. The maximum Gasteiger partial charge on any atom is 0.227 e. The van der Waals surface area contributed by atoms with Gasteiger partial charge in [-0.25, -0.2) is 0 Å². The average molecular weight is 397 g/mol. The minimum atomic E-state index is -0.400. The van der Waals surface area contributed by atoms with Crippen LogP contribution in [-0.4, -0.2) is 53.5 Å². The molecule has 0 radical (unpaired) electrons. The predicted octanol–water partition coefficient (Wildman–Crippen LogP) is 1.19. The van der Waals surface area contributed by atoms with Gasteiger partial charge >= 0.3 is 0 Å². The summed E-state index contributed by atoms with van der Waals surface area (Å²) in [4.78, 5) is 16.3. The Bertz CT molecular complexity index is 722. The highest BCUT2D eigenvalue weighted by Gasteiger charge is 2.25. The maximum atomic E-state index is 11.9. The number of carbonyl (C=O) groups is 1. The highest BCUT2D eigenvalue weighted by molar-refractivity contribution is 5.85. The fraction of sp³-hybridized carbons (Fsp3) is 0.500. The summed E-state index contributed by atoms with van der Waals surface area (Å²) in [6, 6.07) is 7.45. The van der Waals surface area contributed by atoms with Gasteiger partial charge < -0.3 is 25.0 Å². The Labute approximate surface area is 164 Å². The van der Waals surface area contributed by atoms with Gasteiger partial charge in [0.15, 0.2) is 0 Å². The zero-order chi connectivity index (χ0) is 18.4. The van der Waals surface area contributed by atoms with Gasteiger partial charge in [0.05, 0.1) is 12.7 Å². The molecule has 148 valence electrons. The highest BCUT2D eigenvalue weighted by atomic mass is 35.5. The van der Waals surface area contributed by atoms with Gasteiger partial charge in [-0.15, -0.1) is 12.4 Å². The van der Waals surface area contributed by atoms with Gasteiger partial charge in [-0.1, -0.05) is 5.16 Å². The van der Waals surface area contributed by atoms with E-state index in [1.165, 1.54) is 0 Å². The monoisotopic (exact) mass is 396 g/mol. The molecule has 1 saturated heterocycles. The van der Waals surface area contributed by atoms with Crippen LogP contribution in [0.25, 0.3) is 11.4 Å².